The molecule has 2 rings (SSSR count). The van der Waals surface area contributed by atoms with Crippen molar-refractivity contribution in [3.63, 3.8) is 0 Å². The van der Waals surface area contributed by atoms with E-state index in [1.54, 1.807) is 0 Å². The van der Waals surface area contributed by atoms with E-state index in [-0.39, 0.29) is 0 Å². The quantitative estimate of drug-likeness (QED) is 0.718. The van der Waals surface area contributed by atoms with Gasteiger partial charge in [0.05, 0.1) is 0 Å². The molecule has 13 heavy (non-hydrogen) atoms. The molecule has 1 heterocycles. The fourth-order valence-electron chi connectivity index (χ4n) is 2.43. The van der Waals surface area contributed by atoms with E-state index in [1.165, 1.54) is 45.2 Å². The third-order valence-electron chi connectivity index (χ3n) is 3.87. The number of hydrogen-bond donors (Lipinski definition) is 1. The molecule has 1 saturated heterocycles. The molecule has 2 aliphatic rings. The molecule has 0 aromatic heterocycles. The molecule has 1 aliphatic carbocycles. The maximum atomic E-state index is 5.80. The SMILES string of the molecule is CC1CCCCN1CC1(CN)CC1. The Bertz CT molecular complexity index is 175. The van der Waals surface area contributed by atoms with Crippen LogP contribution in [0.4, 0.5) is 0 Å². The summed E-state index contributed by atoms with van der Waals surface area (Å²) in [4.78, 5) is 2.66. The first-order valence-corrected chi connectivity index (χ1v) is 5.70. The average molecular weight is 182 g/mol. The minimum atomic E-state index is 0.533. The second-order valence-corrected chi connectivity index (χ2v) is 5.02. The second-order valence-electron chi connectivity index (χ2n) is 5.02. The highest BCUT2D eigenvalue weighted by Gasteiger charge is 2.43. The first-order chi connectivity index (χ1) is 6.26. The van der Waals surface area contributed by atoms with Gasteiger partial charge in [0.2, 0.25) is 0 Å². The van der Waals surface area contributed by atoms with Crippen LogP contribution in [-0.2, 0) is 0 Å². The van der Waals surface area contributed by atoms with Gasteiger partial charge in [-0.25, -0.2) is 0 Å². The Morgan fingerprint density at radius 1 is 1.38 bits per heavy atom. The van der Waals surface area contributed by atoms with Crippen molar-refractivity contribution in [2.24, 2.45) is 11.1 Å². The molecule has 0 radical (unpaired) electrons. The largest absolute Gasteiger partial charge is 0.330 e. The Balaban J connectivity index is 1.85. The summed E-state index contributed by atoms with van der Waals surface area (Å²) >= 11 is 0. The smallest absolute Gasteiger partial charge is 0.00671 e. The molecular formula is C11H22N2. The zero-order valence-corrected chi connectivity index (χ0v) is 8.76. The molecule has 0 aromatic rings. The molecule has 0 bridgehead atoms. The molecule has 0 aromatic carbocycles. The molecule has 2 nitrogen and oxygen atoms in total. The third-order valence-corrected chi connectivity index (χ3v) is 3.87. The summed E-state index contributed by atoms with van der Waals surface area (Å²) in [6, 6.07) is 0.803. The van der Waals surface area contributed by atoms with Crippen molar-refractivity contribution in [2.45, 2.75) is 45.1 Å². The minimum absolute atomic E-state index is 0.533. The van der Waals surface area contributed by atoms with Gasteiger partial charge in [-0.15, -0.1) is 0 Å². The highest BCUT2D eigenvalue weighted by atomic mass is 15.2. The van der Waals surface area contributed by atoms with Crippen molar-refractivity contribution < 1.29 is 0 Å². The van der Waals surface area contributed by atoms with Crippen LogP contribution in [-0.4, -0.2) is 30.6 Å². The summed E-state index contributed by atoms with van der Waals surface area (Å²) in [7, 11) is 0. The van der Waals surface area contributed by atoms with Gasteiger partial charge in [-0.2, -0.15) is 0 Å². The zero-order chi connectivity index (χ0) is 9.31. The van der Waals surface area contributed by atoms with Crippen LogP contribution in [0.3, 0.4) is 0 Å². The van der Waals surface area contributed by atoms with Crippen LogP contribution >= 0.6 is 0 Å². The molecule has 0 spiro atoms. The Labute approximate surface area is 81.5 Å². The molecule has 1 unspecified atom stereocenters. The fourth-order valence-corrected chi connectivity index (χ4v) is 2.43. The van der Waals surface area contributed by atoms with E-state index in [0.29, 0.717) is 5.41 Å². The zero-order valence-electron chi connectivity index (χ0n) is 8.76. The van der Waals surface area contributed by atoms with Crippen molar-refractivity contribution in [3.8, 4) is 0 Å². The Kier molecular flexibility index (Phi) is 2.61. The maximum Gasteiger partial charge on any atom is 0.00671 e. The van der Waals surface area contributed by atoms with Crippen LogP contribution < -0.4 is 5.73 Å². The van der Waals surface area contributed by atoms with Crippen molar-refractivity contribution in [1.82, 2.24) is 4.90 Å². The van der Waals surface area contributed by atoms with Crippen LogP contribution in [0.2, 0.25) is 0 Å². The Morgan fingerprint density at radius 2 is 2.15 bits per heavy atom. The van der Waals surface area contributed by atoms with E-state index in [2.05, 4.69) is 11.8 Å². The molecule has 1 saturated carbocycles. The number of nitrogens with two attached hydrogens (primary N) is 1. The van der Waals surface area contributed by atoms with Gasteiger partial charge < -0.3 is 10.6 Å². The second kappa shape index (κ2) is 3.58. The van der Waals surface area contributed by atoms with Gasteiger partial charge in [-0.1, -0.05) is 6.42 Å². The summed E-state index contributed by atoms with van der Waals surface area (Å²) in [6.45, 7) is 5.84. The summed E-state index contributed by atoms with van der Waals surface area (Å²) in [5.74, 6) is 0. The fraction of sp³-hybridized carbons (Fsp3) is 1.00. The van der Waals surface area contributed by atoms with E-state index in [4.69, 9.17) is 5.73 Å². The van der Waals surface area contributed by atoms with Gasteiger partial charge in [-0.05, 0) is 51.1 Å². The number of likely N-dealkylation sites (tertiary alicyclic amines) is 1. The molecule has 2 fully saturated rings. The topological polar surface area (TPSA) is 29.3 Å². The van der Waals surface area contributed by atoms with Crippen LogP contribution in [0.5, 0.6) is 0 Å². The summed E-state index contributed by atoms with van der Waals surface area (Å²) in [5.41, 5.74) is 6.34. The van der Waals surface area contributed by atoms with Crippen molar-refractivity contribution in [3.05, 3.63) is 0 Å². The van der Waals surface area contributed by atoms with Crippen molar-refractivity contribution in [2.75, 3.05) is 19.6 Å². The van der Waals surface area contributed by atoms with E-state index in [0.717, 1.165) is 12.6 Å². The van der Waals surface area contributed by atoms with Gasteiger partial charge in [0, 0.05) is 12.6 Å². The maximum absolute atomic E-state index is 5.80. The van der Waals surface area contributed by atoms with E-state index in [9.17, 15) is 0 Å². The van der Waals surface area contributed by atoms with E-state index >= 15 is 0 Å². The summed E-state index contributed by atoms with van der Waals surface area (Å²) < 4.78 is 0. The summed E-state index contributed by atoms with van der Waals surface area (Å²) in [6.07, 6.45) is 6.94. The number of hydrogen-bond acceptors (Lipinski definition) is 2. The Morgan fingerprint density at radius 3 is 2.69 bits per heavy atom. The number of rotatable bonds is 3. The lowest BCUT2D eigenvalue weighted by Gasteiger charge is -2.35. The first kappa shape index (κ1) is 9.47. The van der Waals surface area contributed by atoms with Gasteiger partial charge in [0.15, 0.2) is 0 Å². The highest BCUT2D eigenvalue weighted by molar-refractivity contribution is 4.97. The predicted octanol–water partition coefficient (Wildman–Crippen LogP) is 1.60. The lowest BCUT2D eigenvalue weighted by molar-refractivity contribution is 0.131. The third kappa shape index (κ3) is 2.05. The molecule has 2 N–H and O–H groups in total. The number of nitrogens with zero attached hydrogens (tertiary/aromatic N) is 1. The van der Waals surface area contributed by atoms with E-state index in [1.807, 2.05) is 0 Å². The number of piperidine rings is 1. The van der Waals surface area contributed by atoms with Gasteiger partial charge in [-0.3, -0.25) is 0 Å². The molecule has 2 heteroatoms. The summed E-state index contributed by atoms with van der Waals surface area (Å²) in [5, 5.41) is 0. The van der Waals surface area contributed by atoms with Crippen LogP contribution in [0.1, 0.15) is 39.0 Å². The van der Waals surface area contributed by atoms with Gasteiger partial charge >= 0.3 is 0 Å². The van der Waals surface area contributed by atoms with Crippen LogP contribution in [0.15, 0.2) is 0 Å². The molecule has 76 valence electrons. The monoisotopic (exact) mass is 182 g/mol. The first-order valence-electron chi connectivity index (χ1n) is 5.70. The highest BCUT2D eigenvalue weighted by Crippen LogP contribution is 2.45. The predicted molar refractivity (Wildman–Crippen MR) is 55.6 cm³/mol. The van der Waals surface area contributed by atoms with Gasteiger partial charge in [0.25, 0.3) is 0 Å². The van der Waals surface area contributed by atoms with Crippen molar-refractivity contribution >= 4 is 0 Å². The van der Waals surface area contributed by atoms with E-state index < -0.39 is 0 Å². The lowest BCUT2D eigenvalue weighted by atomic mass is 9.99. The van der Waals surface area contributed by atoms with Gasteiger partial charge in [0.1, 0.15) is 0 Å². The normalized spacial score (nSPS) is 33.2. The standard InChI is InChI=1S/C11H22N2/c1-10-4-2-3-7-13(10)9-11(8-12)5-6-11/h10H,2-9,12H2,1H3. The molecule has 1 aliphatic heterocycles. The van der Waals surface area contributed by atoms with Crippen molar-refractivity contribution in [1.29, 1.82) is 0 Å². The van der Waals surface area contributed by atoms with Crippen LogP contribution in [0.25, 0.3) is 0 Å². The van der Waals surface area contributed by atoms with Crippen LogP contribution in [0, 0.1) is 5.41 Å². The molecule has 1 atom stereocenters. The Hall–Kier alpha value is -0.0800. The average Bonchev–Trinajstić information content (AvgIpc) is 2.90. The molecular weight excluding hydrogens is 160 g/mol. The minimum Gasteiger partial charge on any atom is -0.330 e. The lowest BCUT2D eigenvalue weighted by Crippen LogP contribution is -2.42. The molecule has 0 amide bonds.